The fourth-order valence-electron chi connectivity index (χ4n) is 1.54. The predicted molar refractivity (Wildman–Crippen MR) is 82.3 cm³/mol. The van der Waals surface area contributed by atoms with Crippen molar-refractivity contribution < 1.29 is 9.59 Å². The van der Waals surface area contributed by atoms with E-state index in [-0.39, 0.29) is 18.4 Å². The molecule has 1 aromatic carbocycles. The molecule has 0 saturated carbocycles. The molecule has 0 saturated heterocycles. The highest BCUT2D eigenvalue weighted by atomic mass is 32.1. The van der Waals surface area contributed by atoms with Crippen molar-refractivity contribution in [3.8, 4) is 0 Å². The first kappa shape index (κ1) is 14.9. The summed E-state index contributed by atoms with van der Waals surface area (Å²) in [7, 11) is 1.81. The van der Waals surface area contributed by atoms with Gasteiger partial charge in [0.15, 0.2) is 4.80 Å². The summed E-state index contributed by atoms with van der Waals surface area (Å²) in [6, 6.07) is 9.46. The fourth-order valence-corrected chi connectivity index (χ4v) is 2.29. The molecule has 2 amide bonds. The zero-order chi connectivity index (χ0) is 15.1. The number of aryl methyl sites for hydroxylation is 1. The van der Waals surface area contributed by atoms with Crippen molar-refractivity contribution in [3.05, 3.63) is 58.3 Å². The van der Waals surface area contributed by atoms with E-state index in [1.807, 2.05) is 49.0 Å². The molecule has 2 rings (SSSR count). The van der Waals surface area contributed by atoms with Crippen LogP contribution in [0.5, 0.6) is 0 Å². The van der Waals surface area contributed by atoms with Gasteiger partial charge in [-0.3, -0.25) is 9.59 Å². The molecule has 0 aliphatic heterocycles. The Morgan fingerprint density at radius 1 is 1.33 bits per heavy atom. The van der Waals surface area contributed by atoms with Gasteiger partial charge >= 0.3 is 0 Å². The van der Waals surface area contributed by atoms with E-state index in [1.165, 1.54) is 17.4 Å². The van der Waals surface area contributed by atoms with Gasteiger partial charge in [0.1, 0.15) is 0 Å². The van der Waals surface area contributed by atoms with Crippen molar-refractivity contribution in [1.82, 2.24) is 9.88 Å². The molecule has 0 aliphatic carbocycles. The number of nitrogens with zero attached hydrogens (tertiary/aromatic N) is 2. The van der Waals surface area contributed by atoms with E-state index < -0.39 is 0 Å². The van der Waals surface area contributed by atoms with Crippen LogP contribution < -0.4 is 10.1 Å². The molecule has 108 valence electrons. The lowest BCUT2D eigenvalue weighted by molar-refractivity contribution is -0.122. The largest absolute Gasteiger partial charge is 0.343 e. The molecule has 21 heavy (non-hydrogen) atoms. The molecule has 5 nitrogen and oxygen atoms in total. The fraction of sp³-hybridized carbons (Fsp3) is 0.133. The maximum absolute atomic E-state index is 11.6. The van der Waals surface area contributed by atoms with Gasteiger partial charge in [0.2, 0.25) is 5.91 Å². The van der Waals surface area contributed by atoms with Crippen LogP contribution in [0, 0.1) is 0 Å². The van der Waals surface area contributed by atoms with E-state index in [0.717, 1.165) is 5.56 Å². The van der Waals surface area contributed by atoms with Gasteiger partial charge in [-0.05, 0) is 11.6 Å². The number of amides is 2. The standard InChI is InChI=1S/C15H15N3O2S/c1-18-9-10-21-15(18)17-14(20)11-16-13(19)8-7-12-5-3-2-4-6-12/h2-10H,11H2,1H3,(H,16,19)/b8-7-,17-15?. The summed E-state index contributed by atoms with van der Waals surface area (Å²) in [5.74, 6) is -0.701. The van der Waals surface area contributed by atoms with Crippen molar-refractivity contribution >= 4 is 29.2 Å². The normalized spacial score (nSPS) is 11.8. The van der Waals surface area contributed by atoms with Gasteiger partial charge in [-0.15, -0.1) is 11.3 Å². The summed E-state index contributed by atoms with van der Waals surface area (Å²) in [5, 5.41) is 4.35. The summed E-state index contributed by atoms with van der Waals surface area (Å²) in [6.07, 6.45) is 4.90. The molecule has 0 atom stereocenters. The molecule has 0 fully saturated rings. The van der Waals surface area contributed by atoms with E-state index >= 15 is 0 Å². The Labute approximate surface area is 126 Å². The van der Waals surface area contributed by atoms with Gasteiger partial charge < -0.3 is 9.88 Å². The van der Waals surface area contributed by atoms with Gasteiger partial charge in [0, 0.05) is 24.7 Å². The van der Waals surface area contributed by atoms with Crippen LogP contribution in [0.25, 0.3) is 6.08 Å². The van der Waals surface area contributed by atoms with Crippen LogP contribution in [0.15, 0.2) is 53.0 Å². The number of nitrogens with one attached hydrogen (secondary N) is 1. The third-order valence-corrected chi connectivity index (χ3v) is 3.47. The molecule has 0 radical (unpaired) electrons. The summed E-state index contributed by atoms with van der Waals surface area (Å²) in [5.41, 5.74) is 0.925. The summed E-state index contributed by atoms with van der Waals surface area (Å²) < 4.78 is 1.75. The summed E-state index contributed by atoms with van der Waals surface area (Å²) >= 11 is 1.37. The first-order valence-electron chi connectivity index (χ1n) is 6.34. The Kier molecular flexibility index (Phi) is 5.22. The third-order valence-electron chi connectivity index (χ3n) is 2.62. The highest BCUT2D eigenvalue weighted by Gasteiger charge is 2.02. The smallest absolute Gasteiger partial charge is 0.267 e. The quantitative estimate of drug-likeness (QED) is 0.866. The Balaban J connectivity index is 1.86. The van der Waals surface area contributed by atoms with E-state index in [4.69, 9.17) is 0 Å². The van der Waals surface area contributed by atoms with Gasteiger partial charge in [0.25, 0.3) is 5.91 Å². The Morgan fingerprint density at radius 3 is 2.76 bits per heavy atom. The first-order valence-corrected chi connectivity index (χ1v) is 7.22. The monoisotopic (exact) mass is 301 g/mol. The summed E-state index contributed by atoms with van der Waals surface area (Å²) in [4.78, 5) is 27.7. The predicted octanol–water partition coefficient (Wildman–Crippen LogP) is 1.34. The second-order valence-electron chi connectivity index (χ2n) is 4.26. The van der Waals surface area contributed by atoms with Gasteiger partial charge in [-0.2, -0.15) is 4.99 Å². The van der Waals surface area contributed by atoms with Crippen molar-refractivity contribution in [2.75, 3.05) is 6.54 Å². The lowest BCUT2D eigenvalue weighted by Gasteiger charge is -1.97. The average molecular weight is 301 g/mol. The van der Waals surface area contributed by atoms with E-state index in [1.54, 1.807) is 10.6 Å². The van der Waals surface area contributed by atoms with Gasteiger partial charge in [0.05, 0.1) is 6.54 Å². The zero-order valence-electron chi connectivity index (χ0n) is 11.5. The minimum atomic E-state index is -0.380. The molecule has 0 spiro atoms. The molecule has 1 N–H and O–H groups in total. The minimum absolute atomic E-state index is 0.115. The highest BCUT2D eigenvalue weighted by molar-refractivity contribution is 7.07. The first-order chi connectivity index (χ1) is 10.1. The van der Waals surface area contributed by atoms with E-state index in [9.17, 15) is 9.59 Å². The number of hydrogen-bond donors (Lipinski definition) is 1. The molecular weight excluding hydrogens is 286 g/mol. The van der Waals surface area contributed by atoms with Crippen molar-refractivity contribution in [2.45, 2.75) is 0 Å². The SMILES string of the molecule is Cn1ccsc1=NC(=O)CNC(=O)/C=C\c1ccccc1. The van der Waals surface area contributed by atoms with E-state index in [0.29, 0.717) is 4.80 Å². The van der Waals surface area contributed by atoms with Crippen LogP contribution in [-0.2, 0) is 16.6 Å². The molecule has 6 heteroatoms. The second kappa shape index (κ2) is 7.35. The second-order valence-corrected chi connectivity index (χ2v) is 5.14. The lowest BCUT2D eigenvalue weighted by Crippen LogP contribution is -2.28. The molecule has 0 bridgehead atoms. The Bertz CT molecular complexity index is 714. The molecule has 2 aromatic rings. The number of thiazole rings is 1. The van der Waals surface area contributed by atoms with Crippen molar-refractivity contribution in [1.29, 1.82) is 0 Å². The van der Waals surface area contributed by atoms with Crippen LogP contribution in [-0.4, -0.2) is 22.9 Å². The number of carbonyl (C=O) groups is 2. The van der Waals surface area contributed by atoms with Crippen LogP contribution in [0.2, 0.25) is 0 Å². The molecule has 0 aliphatic rings. The Morgan fingerprint density at radius 2 is 2.10 bits per heavy atom. The molecular formula is C15H15N3O2S. The zero-order valence-corrected chi connectivity index (χ0v) is 12.3. The third kappa shape index (κ3) is 4.85. The maximum atomic E-state index is 11.6. The highest BCUT2D eigenvalue weighted by Crippen LogP contribution is 2.00. The number of hydrogen-bond acceptors (Lipinski definition) is 3. The van der Waals surface area contributed by atoms with Gasteiger partial charge in [-0.25, -0.2) is 0 Å². The number of rotatable bonds is 4. The van der Waals surface area contributed by atoms with E-state index in [2.05, 4.69) is 10.3 Å². The molecule has 0 unspecified atom stereocenters. The summed E-state index contributed by atoms with van der Waals surface area (Å²) in [6.45, 7) is -0.115. The lowest BCUT2D eigenvalue weighted by atomic mass is 10.2. The van der Waals surface area contributed by atoms with Crippen LogP contribution in [0.4, 0.5) is 0 Å². The van der Waals surface area contributed by atoms with Crippen molar-refractivity contribution in [3.63, 3.8) is 0 Å². The number of aromatic nitrogens is 1. The number of carbonyl (C=O) groups excluding carboxylic acids is 2. The van der Waals surface area contributed by atoms with Crippen molar-refractivity contribution in [2.24, 2.45) is 12.0 Å². The molecule has 1 aromatic heterocycles. The Hall–Kier alpha value is -2.47. The number of benzene rings is 1. The van der Waals surface area contributed by atoms with Crippen LogP contribution in [0.3, 0.4) is 0 Å². The van der Waals surface area contributed by atoms with Crippen LogP contribution >= 0.6 is 11.3 Å². The average Bonchev–Trinajstić information content (AvgIpc) is 2.89. The topological polar surface area (TPSA) is 63.5 Å². The van der Waals surface area contributed by atoms with Gasteiger partial charge in [-0.1, -0.05) is 30.3 Å². The molecule has 1 heterocycles. The minimum Gasteiger partial charge on any atom is -0.343 e. The maximum Gasteiger partial charge on any atom is 0.267 e. The van der Waals surface area contributed by atoms with Crippen LogP contribution in [0.1, 0.15) is 5.56 Å².